The third-order valence-corrected chi connectivity index (χ3v) is 4.65. The summed E-state index contributed by atoms with van der Waals surface area (Å²) in [6, 6.07) is 12.3. The maximum Gasteiger partial charge on any atom is 0.223 e. The minimum absolute atomic E-state index is 0.250. The molecule has 1 amide bonds. The Labute approximate surface area is 149 Å². The lowest BCUT2D eigenvalue weighted by Crippen LogP contribution is -2.34. The van der Waals surface area contributed by atoms with E-state index in [1.54, 1.807) is 13.3 Å². The molecular formula is C20H25N3O2. The highest BCUT2D eigenvalue weighted by Gasteiger charge is 2.30. The number of hydrogen-bond acceptors (Lipinski definition) is 4. The fourth-order valence-electron chi connectivity index (χ4n) is 3.28. The first-order chi connectivity index (χ1) is 12.3. The molecule has 132 valence electrons. The first-order valence-corrected chi connectivity index (χ1v) is 8.78. The second kappa shape index (κ2) is 8.62. The number of carbonyl (C=O) groups is 1. The van der Waals surface area contributed by atoms with E-state index in [-0.39, 0.29) is 5.91 Å². The topological polar surface area (TPSA) is 54.5 Å². The van der Waals surface area contributed by atoms with Crippen LogP contribution in [0.4, 0.5) is 0 Å². The van der Waals surface area contributed by atoms with Gasteiger partial charge in [-0.2, -0.15) is 0 Å². The number of aromatic nitrogens is 1. The Hall–Kier alpha value is -2.40. The smallest absolute Gasteiger partial charge is 0.223 e. The summed E-state index contributed by atoms with van der Waals surface area (Å²) in [7, 11) is 1.66. The van der Waals surface area contributed by atoms with Gasteiger partial charge in [-0.3, -0.25) is 9.78 Å². The molecule has 1 aliphatic heterocycles. The Morgan fingerprint density at radius 3 is 2.96 bits per heavy atom. The molecule has 1 aromatic heterocycles. The van der Waals surface area contributed by atoms with Crippen molar-refractivity contribution in [1.82, 2.24) is 15.2 Å². The zero-order valence-electron chi connectivity index (χ0n) is 14.6. The van der Waals surface area contributed by atoms with Gasteiger partial charge in [0.05, 0.1) is 7.11 Å². The van der Waals surface area contributed by atoms with E-state index in [2.05, 4.69) is 16.4 Å². The van der Waals surface area contributed by atoms with Crippen LogP contribution in [-0.2, 0) is 17.9 Å². The van der Waals surface area contributed by atoms with Crippen LogP contribution in [0.15, 0.2) is 48.8 Å². The lowest BCUT2D eigenvalue weighted by Gasteiger charge is -2.25. The van der Waals surface area contributed by atoms with E-state index in [0.29, 0.717) is 19.0 Å². The molecular weight excluding hydrogens is 314 g/mol. The van der Waals surface area contributed by atoms with Crippen molar-refractivity contribution in [2.45, 2.75) is 38.4 Å². The van der Waals surface area contributed by atoms with Crippen molar-refractivity contribution in [1.29, 1.82) is 0 Å². The van der Waals surface area contributed by atoms with Crippen LogP contribution < -0.4 is 10.1 Å². The largest absolute Gasteiger partial charge is 0.497 e. The monoisotopic (exact) mass is 339 g/mol. The van der Waals surface area contributed by atoms with Crippen molar-refractivity contribution in [3.63, 3.8) is 0 Å². The number of methoxy groups -OCH3 is 1. The molecule has 1 saturated heterocycles. The zero-order chi connectivity index (χ0) is 17.5. The maximum absolute atomic E-state index is 12.3. The summed E-state index contributed by atoms with van der Waals surface area (Å²) in [5.41, 5.74) is 2.29. The molecule has 5 heteroatoms. The number of nitrogens with one attached hydrogen (secondary N) is 1. The molecule has 0 saturated carbocycles. The predicted octanol–water partition coefficient (Wildman–Crippen LogP) is 2.76. The van der Waals surface area contributed by atoms with Gasteiger partial charge in [0.2, 0.25) is 5.91 Å². The highest BCUT2D eigenvalue weighted by molar-refractivity contribution is 5.78. The van der Waals surface area contributed by atoms with Crippen molar-refractivity contribution in [2.75, 3.05) is 13.7 Å². The van der Waals surface area contributed by atoms with E-state index in [1.165, 1.54) is 5.56 Å². The van der Waals surface area contributed by atoms with Crippen LogP contribution in [0.2, 0.25) is 0 Å². The number of carbonyl (C=O) groups excluding carboxylic acids is 1. The SMILES string of the molecule is COc1cccc(CN2C(=O)CCC2CCNCc2cccnc2)c1. The van der Waals surface area contributed by atoms with Crippen molar-refractivity contribution < 1.29 is 9.53 Å². The van der Waals surface area contributed by atoms with Crippen LogP contribution in [0, 0.1) is 0 Å². The third kappa shape index (κ3) is 4.79. The summed E-state index contributed by atoms with van der Waals surface area (Å²) in [6.45, 7) is 2.36. The van der Waals surface area contributed by atoms with Gasteiger partial charge in [-0.1, -0.05) is 18.2 Å². The number of rotatable bonds is 8. The summed E-state index contributed by atoms with van der Waals surface area (Å²) in [6.07, 6.45) is 6.22. The van der Waals surface area contributed by atoms with Crippen molar-refractivity contribution in [3.8, 4) is 5.75 Å². The normalized spacial score (nSPS) is 17.1. The molecule has 0 aliphatic carbocycles. The molecule has 5 nitrogen and oxygen atoms in total. The Morgan fingerprint density at radius 1 is 1.28 bits per heavy atom. The van der Waals surface area contributed by atoms with E-state index in [9.17, 15) is 4.79 Å². The second-order valence-electron chi connectivity index (χ2n) is 6.39. The van der Waals surface area contributed by atoms with Crippen LogP contribution in [0.1, 0.15) is 30.4 Å². The van der Waals surface area contributed by atoms with E-state index in [1.807, 2.05) is 41.4 Å². The first-order valence-electron chi connectivity index (χ1n) is 8.78. The number of pyridine rings is 1. The van der Waals surface area contributed by atoms with Crippen molar-refractivity contribution >= 4 is 5.91 Å². The Kier molecular flexibility index (Phi) is 6.01. The van der Waals surface area contributed by atoms with Crippen molar-refractivity contribution in [2.24, 2.45) is 0 Å². The van der Waals surface area contributed by atoms with E-state index >= 15 is 0 Å². The fraction of sp³-hybridized carbons (Fsp3) is 0.400. The van der Waals surface area contributed by atoms with Crippen LogP contribution in [0.25, 0.3) is 0 Å². The molecule has 0 radical (unpaired) electrons. The number of ether oxygens (including phenoxy) is 1. The molecule has 1 N–H and O–H groups in total. The van der Waals surface area contributed by atoms with Gasteiger partial charge < -0.3 is 15.0 Å². The number of benzene rings is 1. The van der Waals surface area contributed by atoms with Gasteiger partial charge in [-0.25, -0.2) is 0 Å². The Balaban J connectivity index is 1.51. The molecule has 3 rings (SSSR count). The van der Waals surface area contributed by atoms with E-state index < -0.39 is 0 Å². The van der Waals surface area contributed by atoms with Gasteiger partial charge in [0, 0.05) is 37.9 Å². The highest BCUT2D eigenvalue weighted by Crippen LogP contribution is 2.24. The average molecular weight is 339 g/mol. The highest BCUT2D eigenvalue weighted by atomic mass is 16.5. The van der Waals surface area contributed by atoms with E-state index in [0.717, 1.165) is 37.2 Å². The van der Waals surface area contributed by atoms with Crippen molar-refractivity contribution in [3.05, 3.63) is 59.9 Å². The summed E-state index contributed by atoms with van der Waals surface area (Å²) in [5.74, 6) is 1.08. The van der Waals surface area contributed by atoms with Crippen LogP contribution in [0.3, 0.4) is 0 Å². The lowest BCUT2D eigenvalue weighted by molar-refractivity contribution is -0.129. The quantitative estimate of drug-likeness (QED) is 0.752. The molecule has 1 unspecified atom stereocenters. The second-order valence-corrected chi connectivity index (χ2v) is 6.39. The van der Waals surface area contributed by atoms with E-state index in [4.69, 9.17) is 4.74 Å². The standard InChI is InChI=1S/C20H25N3O2/c1-25-19-6-2-4-16(12-19)15-23-18(7-8-20(23)24)9-11-22-14-17-5-3-10-21-13-17/h2-6,10,12-13,18,22H,7-9,11,14-15H2,1H3. The molecule has 1 atom stereocenters. The molecule has 0 spiro atoms. The summed E-state index contributed by atoms with van der Waals surface area (Å²) >= 11 is 0. The molecule has 25 heavy (non-hydrogen) atoms. The number of nitrogens with zero attached hydrogens (tertiary/aromatic N) is 2. The molecule has 0 bridgehead atoms. The number of hydrogen-bond donors (Lipinski definition) is 1. The maximum atomic E-state index is 12.3. The average Bonchev–Trinajstić information content (AvgIpc) is 3.00. The molecule has 2 heterocycles. The van der Waals surface area contributed by atoms with Crippen LogP contribution in [0.5, 0.6) is 5.75 Å². The van der Waals surface area contributed by atoms with Gasteiger partial charge in [0.1, 0.15) is 5.75 Å². The summed E-state index contributed by atoms with van der Waals surface area (Å²) in [4.78, 5) is 18.4. The molecule has 1 aliphatic rings. The van der Waals surface area contributed by atoms with Gasteiger partial charge in [0.25, 0.3) is 0 Å². The minimum Gasteiger partial charge on any atom is -0.497 e. The molecule has 1 fully saturated rings. The summed E-state index contributed by atoms with van der Waals surface area (Å²) in [5, 5.41) is 3.45. The Bertz CT molecular complexity index is 690. The Morgan fingerprint density at radius 2 is 2.16 bits per heavy atom. The minimum atomic E-state index is 0.250. The van der Waals surface area contributed by atoms with Crippen LogP contribution >= 0.6 is 0 Å². The zero-order valence-corrected chi connectivity index (χ0v) is 14.6. The third-order valence-electron chi connectivity index (χ3n) is 4.65. The first kappa shape index (κ1) is 17.4. The number of amides is 1. The van der Waals surface area contributed by atoms with Gasteiger partial charge in [-0.05, 0) is 48.7 Å². The number of likely N-dealkylation sites (tertiary alicyclic amines) is 1. The lowest BCUT2D eigenvalue weighted by atomic mass is 10.1. The predicted molar refractivity (Wildman–Crippen MR) is 97.1 cm³/mol. The van der Waals surface area contributed by atoms with Crippen LogP contribution in [-0.4, -0.2) is 35.5 Å². The van der Waals surface area contributed by atoms with Gasteiger partial charge >= 0.3 is 0 Å². The summed E-state index contributed by atoms with van der Waals surface area (Å²) < 4.78 is 5.28. The fourth-order valence-corrected chi connectivity index (χ4v) is 3.28. The van der Waals surface area contributed by atoms with Gasteiger partial charge in [0.15, 0.2) is 0 Å². The molecule has 2 aromatic rings. The molecule has 1 aromatic carbocycles. The van der Waals surface area contributed by atoms with Gasteiger partial charge in [-0.15, -0.1) is 0 Å².